The van der Waals surface area contributed by atoms with Gasteiger partial charge in [-0.2, -0.15) is 0 Å². The standard InChI is InChI=1S/C8H11NO4S/c1-13-8-5-3-2-4-7(8)9-6-14(10,11)12/h2-5,9H,6H2,1H3,(H,10,11,12)/p-1. The molecule has 0 saturated carbocycles. The average Bonchev–Trinajstić information content (AvgIpc) is 2.14. The van der Waals surface area contributed by atoms with E-state index >= 15 is 0 Å². The van der Waals surface area contributed by atoms with Crippen molar-refractivity contribution in [2.24, 2.45) is 0 Å². The van der Waals surface area contributed by atoms with Gasteiger partial charge in [0.15, 0.2) is 0 Å². The number of hydrogen-bond acceptors (Lipinski definition) is 5. The first-order valence-corrected chi connectivity index (χ1v) is 5.41. The number of methoxy groups -OCH3 is 1. The van der Waals surface area contributed by atoms with E-state index in [1.807, 2.05) is 0 Å². The van der Waals surface area contributed by atoms with E-state index in [9.17, 15) is 13.0 Å². The number of para-hydroxylation sites is 2. The minimum absolute atomic E-state index is 0.481. The number of anilines is 1. The molecule has 14 heavy (non-hydrogen) atoms. The van der Waals surface area contributed by atoms with Gasteiger partial charge in [0.05, 0.1) is 12.8 Å². The number of ether oxygens (including phenoxy) is 1. The molecule has 1 N–H and O–H groups in total. The lowest BCUT2D eigenvalue weighted by Crippen LogP contribution is -2.13. The highest BCUT2D eigenvalue weighted by Crippen LogP contribution is 2.22. The van der Waals surface area contributed by atoms with Gasteiger partial charge < -0.3 is 14.6 Å². The lowest BCUT2D eigenvalue weighted by atomic mass is 10.3. The van der Waals surface area contributed by atoms with Crippen molar-refractivity contribution < 1.29 is 17.7 Å². The molecule has 1 rings (SSSR count). The maximum absolute atomic E-state index is 10.3. The molecule has 0 amide bonds. The molecule has 78 valence electrons. The van der Waals surface area contributed by atoms with E-state index in [0.29, 0.717) is 11.4 Å². The van der Waals surface area contributed by atoms with Gasteiger partial charge in [-0.15, -0.1) is 0 Å². The van der Waals surface area contributed by atoms with Crippen molar-refractivity contribution in [3.8, 4) is 5.75 Å². The molecule has 0 fully saturated rings. The van der Waals surface area contributed by atoms with Gasteiger partial charge in [0.2, 0.25) is 0 Å². The van der Waals surface area contributed by atoms with Crippen LogP contribution in [0, 0.1) is 0 Å². The van der Waals surface area contributed by atoms with Gasteiger partial charge in [-0.25, -0.2) is 8.42 Å². The van der Waals surface area contributed by atoms with Crippen LogP contribution in [0.15, 0.2) is 24.3 Å². The first-order valence-electron chi connectivity index (χ1n) is 3.83. The van der Waals surface area contributed by atoms with Crippen LogP contribution in [0.1, 0.15) is 0 Å². The Morgan fingerprint density at radius 1 is 1.43 bits per heavy atom. The lowest BCUT2D eigenvalue weighted by Gasteiger charge is -2.12. The molecule has 0 aliphatic rings. The molecule has 0 aliphatic carbocycles. The Kier molecular flexibility index (Phi) is 3.32. The van der Waals surface area contributed by atoms with Gasteiger partial charge in [-0.1, -0.05) is 12.1 Å². The summed E-state index contributed by atoms with van der Waals surface area (Å²) in [5.74, 6) is -0.149. The van der Waals surface area contributed by atoms with Crippen LogP contribution >= 0.6 is 0 Å². The second kappa shape index (κ2) is 4.30. The van der Waals surface area contributed by atoms with Gasteiger partial charge in [-0.3, -0.25) is 0 Å². The summed E-state index contributed by atoms with van der Waals surface area (Å²) in [5.41, 5.74) is 0.481. The first-order chi connectivity index (χ1) is 6.53. The Hall–Kier alpha value is -1.27. The molecule has 0 radical (unpaired) electrons. The van der Waals surface area contributed by atoms with Crippen LogP contribution in [0.25, 0.3) is 0 Å². The summed E-state index contributed by atoms with van der Waals surface area (Å²) in [6.07, 6.45) is 0. The van der Waals surface area contributed by atoms with E-state index in [-0.39, 0.29) is 0 Å². The van der Waals surface area contributed by atoms with Gasteiger partial charge in [-0.05, 0) is 12.1 Å². The Bertz CT molecular complexity index is 402. The summed E-state index contributed by atoms with van der Waals surface area (Å²) < 4.78 is 36.0. The van der Waals surface area contributed by atoms with Gasteiger partial charge in [0, 0.05) is 0 Å². The fourth-order valence-corrected chi connectivity index (χ4v) is 1.29. The van der Waals surface area contributed by atoms with Crippen LogP contribution < -0.4 is 10.1 Å². The summed E-state index contributed by atoms with van der Waals surface area (Å²) in [7, 11) is -2.80. The van der Waals surface area contributed by atoms with E-state index in [4.69, 9.17) is 4.74 Å². The predicted octanol–water partition coefficient (Wildman–Crippen LogP) is 0.610. The van der Waals surface area contributed by atoms with Crippen molar-refractivity contribution in [2.45, 2.75) is 0 Å². The molecule has 0 spiro atoms. The molecule has 1 aromatic rings. The third-order valence-corrected chi connectivity index (χ3v) is 2.04. The monoisotopic (exact) mass is 216 g/mol. The average molecular weight is 216 g/mol. The molecule has 0 unspecified atom stereocenters. The lowest BCUT2D eigenvalue weighted by molar-refractivity contribution is 0.416. The maximum atomic E-state index is 10.3. The summed E-state index contributed by atoms with van der Waals surface area (Å²) in [6, 6.07) is 6.75. The zero-order valence-electron chi connectivity index (χ0n) is 7.56. The quantitative estimate of drug-likeness (QED) is 0.746. The molecule has 0 bridgehead atoms. The molecular weight excluding hydrogens is 206 g/mol. The fraction of sp³-hybridized carbons (Fsp3) is 0.250. The normalized spacial score (nSPS) is 11.0. The van der Waals surface area contributed by atoms with Crippen molar-refractivity contribution in [3.63, 3.8) is 0 Å². The Balaban J connectivity index is 2.76. The second-order valence-electron chi connectivity index (χ2n) is 2.58. The highest BCUT2D eigenvalue weighted by molar-refractivity contribution is 7.85. The van der Waals surface area contributed by atoms with Crippen LogP contribution in [0.5, 0.6) is 5.75 Å². The molecule has 5 nitrogen and oxygen atoms in total. The first kappa shape index (κ1) is 10.8. The molecule has 0 atom stereocenters. The van der Waals surface area contributed by atoms with Gasteiger partial charge in [0.25, 0.3) is 0 Å². The van der Waals surface area contributed by atoms with Crippen molar-refractivity contribution in [3.05, 3.63) is 24.3 Å². The molecule has 6 heteroatoms. The third-order valence-electron chi connectivity index (χ3n) is 1.55. The predicted molar refractivity (Wildman–Crippen MR) is 51.2 cm³/mol. The Morgan fingerprint density at radius 2 is 2.07 bits per heavy atom. The molecule has 0 aliphatic heterocycles. The van der Waals surface area contributed by atoms with Crippen LogP contribution in [0.4, 0.5) is 5.69 Å². The number of rotatable bonds is 4. The van der Waals surface area contributed by atoms with E-state index < -0.39 is 16.0 Å². The Morgan fingerprint density at radius 3 is 2.64 bits per heavy atom. The zero-order chi connectivity index (χ0) is 10.6. The van der Waals surface area contributed by atoms with Gasteiger partial charge >= 0.3 is 0 Å². The topological polar surface area (TPSA) is 78.5 Å². The summed E-state index contributed by atoms with van der Waals surface area (Å²) in [5, 5.41) is 2.48. The summed E-state index contributed by atoms with van der Waals surface area (Å²) in [4.78, 5) is 0. The smallest absolute Gasteiger partial charge is 0.141 e. The molecule has 0 heterocycles. The summed E-state index contributed by atoms with van der Waals surface area (Å²) in [6.45, 7) is 0. The molecule has 1 aromatic carbocycles. The third kappa shape index (κ3) is 3.23. The molecular formula is C8H10NO4S-. The van der Waals surface area contributed by atoms with Crippen LogP contribution in [-0.2, 0) is 10.1 Å². The largest absolute Gasteiger partial charge is 0.747 e. The van der Waals surface area contributed by atoms with Crippen LogP contribution in [-0.4, -0.2) is 26.0 Å². The minimum Gasteiger partial charge on any atom is -0.747 e. The van der Waals surface area contributed by atoms with Crippen LogP contribution in [0.3, 0.4) is 0 Å². The van der Waals surface area contributed by atoms with Gasteiger partial charge in [0.1, 0.15) is 21.7 Å². The van der Waals surface area contributed by atoms with Crippen molar-refractivity contribution in [1.29, 1.82) is 0 Å². The van der Waals surface area contributed by atoms with Crippen molar-refractivity contribution in [2.75, 3.05) is 18.3 Å². The fourth-order valence-electron chi connectivity index (χ4n) is 0.957. The van der Waals surface area contributed by atoms with Crippen LogP contribution in [0.2, 0.25) is 0 Å². The molecule has 0 saturated heterocycles. The van der Waals surface area contributed by atoms with E-state index in [0.717, 1.165) is 0 Å². The highest BCUT2D eigenvalue weighted by atomic mass is 32.2. The second-order valence-corrected chi connectivity index (χ2v) is 3.98. The van der Waals surface area contributed by atoms with E-state index in [1.54, 1.807) is 24.3 Å². The van der Waals surface area contributed by atoms with E-state index in [2.05, 4.69) is 5.32 Å². The molecule has 0 aromatic heterocycles. The number of nitrogens with one attached hydrogen (secondary N) is 1. The Labute approximate surface area is 82.5 Å². The number of hydrogen-bond donors (Lipinski definition) is 1. The van der Waals surface area contributed by atoms with Crippen molar-refractivity contribution in [1.82, 2.24) is 0 Å². The summed E-state index contributed by atoms with van der Waals surface area (Å²) >= 11 is 0. The zero-order valence-corrected chi connectivity index (χ0v) is 8.37. The number of benzene rings is 1. The SMILES string of the molecule is COc1ccccc1NCS(=O)(=O)[O-]. The van der Waals surface area contributed by atoms with E-state index in [1.165, 1.54) is 7.11 Å². The maximum Gasteiger partial charge on any atom is 0.141 e. The van der Waals surface area contributed by atoms with Crippen molar-refractivity contribution >= 4 is 15.8 Å². The highest BCUT2D eigenvalue weighted by Gasteiger charge is 2.01. The minimum atomic E-state index is -4.26.